The van der Waals surface area contributed by atoms with Gasteiger partial charge in [0, 0.05) is 12.6 Å². The van der Waals surface area contributed by atoms with Gasteiger partial charge in [-0.25, -0.2) is 0 Å². The Kier molecular flexibility index (Phi) is 7.41. The summed E-state index contributed by atoms with van der Waals surface area (Å²) in [6.07, 6.45) is 4.92. The first-order valence-corrected chi connectivity index (χ1v) is 11.0. The molecule has 3 aromatic carbocycles. The standard InChI is InChI=1S/C27H31NO2/c1-3-7-22(8-4-1)21-30-27-17-13-24(14-18-27)23-11-15-25(16-12-23)28-19-20-29-26-9-5-2-6-10-26/h1-10,13-14,17-18,23,25,28H,11-12,15-16,19-21H2/t23-,25-. The van der Waals surface area contributed by atoms with Crippen LogP contribution in [0.15, 0.2) is 84.9 Å². The van der Waals surface area contributed by atoms with Crippen molar-refractivity contribution >= 4 is 0 Å². The molecule has 0 spiro atoms. The van der Waals surface area contributed by atoms with E-state index >= 15 is 0 Å². The van der Waals surface area contributed by atoms with Gasteiger partial charge in [0.1, 0.15) is 24.7 Å². The van der Waals surface area contributed by atoms with E-state index in [0.717, 1.165) is 18.0 Å². The minimum Gasteiger partial charge on any atom is -0.492 e. The SMILES string of the molecule is c1ccc(COc2ccc([C@H]3CC[C@H](NCCOc4ccccc4)CC3)cc2)cc1. The molecule has 0 aromatic heterocycles. The third-order valence-electron chi connectivity index (χ3n) is 5.87. The molecule has 4 rings (SSSR count). The minimum atomic E-state index is 0.606. The Hall–Kier alpha value is -2.78. The average molecular weight is 402 g/mol. The van der Waals surface area contributed by atoms with Crippen LogP contribution >= 0.6 is 0 Å². The van der Waals surface area contributed by atoms with Gasteiger partial charge in [0.05, 0.1) is 0 Å². The molecular weight excluding hydrogens is 370 g/mol. The lowest BCUT2D eigenvalue weighted by Crippen LogP contribution is -2.35. The minimum absolute atomic E-state index is 0.606. The summed E-state index contributed by atoms with van der Waals surface area (Å²) >= 11 is 0. The summed E-state index contributed by atoms with van der Waals surface area (Å²) in [5.41, 5.74) is 2.63. The van der Waals surface area contributed by atoms with Gasteiger partial charge in [0.2, 0.25) is 0 Å². The lowest BCUT2D eigenvalue weighted by molar-refractivity contribution is 0.282. The quantitative estimate of drug-likeness (QED) is 0.449. The predicted octanol–water partition coefficient (Wildman–Crippen LogP) is 5.96. The van der Waals surface area contributed by atoms with Crippen molar-refractivity contribution in [1.82, 2.24) is 5.32 Å². The second-order valence-corrected chi connectivity index (χ2v) is 8.01. The number of nitrogens with one attached hydrogen (secondary N) is 1. The molecule has 0 heterocycles. The summed E-state index contributed by atoms with van der Waals surface area (Å²) in [5, 5.41) is 3.66. The Morgan fingerprint density at radius 1 is 0.667 bits per heavy atom. The van der Waals surface area contributed by atoms with E-state index in [9.17, 15) is 0 Å². The Morgan fingerprint density at radius 2 is 1.30 bits per heavy atom. The molecule has 0 saturated heterocycles. The average Bonchev–Trinajstić information content (AvgIpc) is 2.83. The fourth-order valence-electron chi connectivity index (χ4n) is 4.16. The molecular formula is C27H31NO2. The molecule has 0 aliphatic heterocycles. The van der Waals surface area contributed by atoms with E-state index in [1.165, 1.54) is 36.8 Å². The Bertz CT molecular complexity index is 856. The van der Waals surface area contributed by atoms with E-state index in [4.69, 9.17) is 9.47 Å². The van der Waals surface area contributed by atoms with E-state index in [2.05, 4.69) is 41.7 Å². The molecule has 3 heteroatoms. The molecule has 3 aromatic rings. The molecule has 30 heavy (non-hydrogen) atoms. The highest BCUT2D eigenvalue weighted by Gasteiger charge is 2.22. The van der Waals surface area contributed by atoms with Gasteiger partial charge in [-0.3, -0.25) is 0 Å². The number of ether oxygens (including phenoxy) is 2. The second kappa shape index (κ2) is 10.8. The first-order chi connectivity index (χ1) is 14.9. The Morgan fingerprint density at radius 3 is 2.00 bits per heavy atom. The van der Waals surface area contributed by atoms with Gasteiger partial charge in [-0.1, -0.05) is 60.7 Å². The smallest absolute Gasteiger partial charge is 0.119 e. The van der Waals surface area contributed by atoms with Crippen LogP contribution in [0.5, 0.6) is 11.5 Å². The van der Waals surface area contributed by atoms with E-state index in [1.807, 2.05) is 48.5 Å². The van der Waals surface area contributed by atoms with Crippen molar-refractivity contribution in [2.75, 3.05) is 13.2 Å². The van der Waals surface area contributed by atoms with Crippen LogP contribution in [0.4, 0.5) is 0 Å². The van der Waals surface area contributed by atoms with Crippen LogP contribution in [0.3, 0.4) is 0 Å². The van der Waals surface area contributed by atoms with Crippen molar-refractivity contribution in [2.45, 2.75) is 44.2 Å². The molecule has 1 N–H and O–H groups in total. The molecule has 156 valence electrons. The predicted molar refractivity (Wildman–Crippen MR) is 122 cm³/mol. The number of hydrogen-bond donors (Lipinski definition) is 1. The summed E-state index contributed by atoms with van der Waals surface area (Å²) in [7, 11) is 0. The zero-order valence-corrected chi connectivity index (χ0v) is 17.5. The monoisotopic (exact) mass is 401 g/mol. The van der Waals surface area contributed by atoms with Crippen molar-refractivity contribution in [1.29, 1.82) is 0 Å². The Labute approximate surface area is 180 Å². The van der Waals surface area contributed by atoms with Gasteiger partial charge in [-0.05, 0) is 67.0 Å². The first kappa shape index (κ1) is 20.5. The van der Waals surface area contributed by atoms with Gasteiger partial charge in [-0.15, -0.1) is 0 Å². The summed E-state index contributed by atoms with van der Waals surface area (Å²) in [4.78, 5) is 0. The molecule has 1 fully saturated rings. The molecule has 1 aliphatic carbocycles. The van der Waals surface area contributed by atoms with Crippen LogP contribution in [-0.2, 0) is 6.61 Å². The zero-order valence-electron chi connectivity index (χ0n) is 17.5. The van der Waals surface area contributed by atoms with Gasteiger partial charge >= 0.3 is 0 Å². The van der Waals surface area contributed by atoms with Crippen molar-refractivity contribution in [2.24, 2.45) is 0 Å². The number of benzene rings is 3. The van der Waals surface area contributed by atoms with Crippen molar-refractivity contribution < 1.29 is 9.47 Å². The van der Waals surface area contributed by atoms with E-state index in [0.29, 0.717) is 25.2 Å². The van der Waals surface area contributed by atoms with Crippen LogP contribution in [0.25, 0.3) is 0 Å². The van der Waals surface area contributed by atoms with Crippen molar-refractivity contribution in [3.63, 3.8) is 0 Å². The van der Waals surface area contributed by atoms with Crippen LogP contribution in [0.2, 0.25) is 0 Å². The number of hydrogen-bond acceptors (Lipinski definition) is 3. The fraction of sp³-hybridized carbons (Fsp3) is 0.333. The largest absolute Gasteiger partial charge is 0.492 e. The van der Waals surface area contributed by atoms with Crippen LogP contribution in [0.1, 0.15) is 42.7 Å². The fourth-order valence-corrected chi connectivity index (χ4v) is 4.16. The van der Waals surface area contributed by atoms with Gasteiger partial charge < -0.3 is 14.8 Å². The first-order valence-electron chi connectivity index (χ1n) is 11.0. The second-order valence-electron chi connectivity index (χ2n) is 8.01. The molecule has 0 atom stereocenters. The molecule has 1 saturated carbocycles. The lowest BCUT2D eigenvalue weighted by Gasteiger charge is -2.29. The summed E-state index contributed by atoms with van der Waals surface area (Å²) in [6, 6.07) is 29.6. The van der Waals surface area contributed by atoms with E-state index in [1.54, 1.807) is 0 Å². The maximum absolute atomic E-state index is 5.92. The molecule has 3 nitrogen and oxygen atoms in total. The molecule has 0 bridgehead atoms. The molecule has 0 unspecified atom stereocenters. The van der Waals surface area contributed by atoms with Crippen LogP contribution < -0.4 is 14.8 Å². The Balaban J connectivity index is 1.16. The maximum atomic E-state index is 5.92. The van der Waals surface area contributed by atoms with E-state index in [-0.39, 0.29) is 0 Å². The van der Waals surface area contributed by atoms with Crippen molar-refractivity contribution in [3.8, 4) is 11.5 Å². The van der Waals surface area contributed by atoms with Gasteiger partial charge in [0.25, 0.3) is 0 Å². The lowest BCUT2D eigenvalue weighted by atomic mass is 9.82. The highest BCUT2D eigenvalue weighted by molar-refractivity contribution is 5.30. The third-order valence-corrected chi connectivity index (χ3v) is 5.87. The molecule has 1 aliphatic rings. The van der Waals surface area contributed by atoms with Gasteiger partial charge in [-0.2, -0.15) is 0 Å². The van der Waals surface area contributed by atoms with Gasteiger partial charge in [0.15, 0.2) is 0 Å². The van der Waals surface area contributed by atoms with Crippen LogP contribution in [-0.4, -0.2) is 19.2 Å². The topological polar surface area (TPSA) is 30.5 Å². The number of para-hydroxylation sites is 1. The number of rotatable bonds is 9. The summed E-state index contributed by atoms with van der Waals surface area (Å²) in [6.45, 7) is 2.23. The highest BCUT2D eigenvalue weighted by Crippen LogP contribution is 2.33. The summed E-state index contributed by atoms with van der Waals surface area (Å²) in [5.74, 6) is 2.54. The van der Waals surface area contributed by atoms with Crippen LogP contribution in [0, 0.1) is 0 Å². The third kappa shape index (κ3) is 6.11. The summed E-state index contributed by atoms with van der Waals surface area (Å²) < 4.78 is 11.7. The van der Waals surface area contributed by atoms with E-state index < -0.39 is 0 Å². The normalized spacial score (nSPS) is 18.7. The molecule has 0 radical (unpaired) electrons. The van der Waals surface area contributed by atoms with Crippen molar-refractivity contribution in [3.05, 3.63) is 96.1 Å². The molecule has 0 amide bonds. The zero-order chi connectivity index (χ0) is 20.4. The maximum Gasteiger partial charge on any atom is 0.119 e. The highest BCUT2D eigenvalue weighted by atomic mass is 16.5.